The lowest BCUT2D eigenvalue weighted by molar-refractivity contribution is -0.140. The maximum absolute atomic E-state index is 12.1. The van der Waals surface area contributed by atoms with Crippen LogP contribution in [0, 0.1) is 0 Å². The monoisotopic (exact) mass is 317 g/mol. The second kappa shape index (κ2) is 7.55. The summed E-state index contributed by atoms with van der Waals surface area (Å²) in [6, 6.07) is 8.12. The van der Waals surface area contributed by atoms with Gasteiger partial charge in [-0.3, -0.25) is 14.7 Å². The van der Waals surface area contributed by atoms with Crippen molar-refractivity contribution in [1.82, 2.24) is 14.9 Å². The summed E-state index contributed by atoms with van der Waals surface area (Å²) in [5, 5.41) is 11.5. The predicted molar refractivity (Wildman–Crippen MR) is 83.1 cm³/mol. The Balaban J connectivity index is 1.99. The highest BCUT2D eigenvalue weighted by molar-refractivity contribution is 5.79. The Hall–Kier alpha value is -2.67. The lowest BCUT2D eigenvalue weighted by Gasteiger charge is -2.16. The van der Waals surface area contributed by atoms with Gasteiger partial charge >= 0.3 is 11.9 Å². The van der Waals surface area contributed by atoms with Crippen molar-refractivity contribution in [3.05, 3.63) is 48.4 Å². The molecule has 2 aromatic rings. The van der Waals surface area contributed by atoms with E-state index < -0.39 is 24.0 Å². The number of carbonyl (C=O) groups excluding carboxylic acids is 1. The molecule has 23 heavy (non-hydrogen) atoms. The summed E-state index contributed by atoms with van der Waals surface area (Å²) >= 11 is 0. The first-order valence-corrected chi connectivity index (χ1v) is 7.22. The molecule has 0 radical (unpaired) electrons. The predicted octanol–water partition coefficient (Wildman–Crippen LogP) is 1.29. The van der Waals surface area contributed by atoms with Crippen LogP contribution in [0.15, 0.2) is 42.9 Å². The van der Waals surface area contributed by atoms with Crippen LogP contribution in [0.3, 0.4) is 0 Å². The first-order valence-electron chi connectivity index (χ1n) is 7.22. The number of carbonyl (C=O) groups is 2. The summed E-state index contributed by atoms with van der Waals surface area (Å²) in [7, 11) is 0. The van der Waals surface area contributed by atoms with Gasteiger partial charge in [-0.15, -0.1) is 0 Å². The van der Waals surface area contributed by atoms with Crippen molar-refractivity contribution in [3.8, 4) is 5.88 Å². The standard InChI is InChI=1S/C16H19N3O4/c1-11(15(20)21)18-12(2)16(22)23-14-8-17-10-19(14)9-13-6-4-3-5-7-13/h3-8,10-12,18H,9H2,1-2H3,(H,20,21). The van der Waals surface area contributed by atoms with Crippen molar-refractivity contribution in [1.29, 1.82) is 0 Å². The summed E-state index contributed by atoms with van der Waals surface area (Å²) in [5.74, 6) is -1.28. The SMILES string of the molecule is CC(NC(C)C(=O)Oc1cncn1Cc1ccccc1)C(=O)O. The average Bonchev–Trinajstić information content (AvgIpc) is 2.95. The Morgan fingerprint density at radius 3 is 2.61 bits per heavy atom. The Morgan fingerprint density at radius 1 is 1.26 bits per heavy atom. The zero-order chi connectivity index (χ0) is 16.8. The molecule has 0 spiro atoms. The molecule has 0 amide bonds. The number of esters is 1. The van der Waals surface area contributed by atoms with Crippen LogP contribution >= 0.6 is 0 Å². The zero-order valence-corrected chi connectivity index (χ0v) is 13.0. The van der Waals surface area contributed by atoms with Crippen LogP contribution in [0.1, 0.15) is 19.4 Å². The Kier molecular flexibility index (Phi) is 5.48. The van der Waals surface area contributed by atoms with Crippen LogP contribution in [0.4, 0.5) is 0 Å². The van der Waals surface area contributed by atoms with E-state index in [1.165, 1.54) is 13.1 Å². The van der Waals surface area contributed by atoms with Crippen LogP contribution in [-0.2, 0) is 16.1 Å². The molecule has 1 aromatic heterocycles. The van der Waals surface area contributed by atoms with Gasteiger partial charge in [0, 0.05) is 0 Å². The lowest BCUT2D eigenvalue weighted by atomic mass is 10.2. The molecule has 0 bridgehead atoms. The molecule has 2 rings (SSSR count). The molecule has 1 heterocycles. The second-order valence-corrected chi connectivity index (χ2v) is 5.21. The van der Waals surface area contributed by atoms with Crippen molar-refractivity contribution in [3.63, 3.8) is 0 Å². The number of benzene rings is 1. The van der Waals surface area contributed by atoms with Gasteiger partial charge in [0.25, 0.3) is 0 Å². The average molecular weight is 317 g/mol. The fourth-order valence-electron chi connectivity index (χ4n) is 2.00. The summed E-state index contributed by atoms with van der Waals surface area (Å²) in [5.41, 5.74) is 1.05. The molecule has 7 heteroatoms. The Morgan fingerprint density at radius 2 is 1.96 bits per heavy atom. The van der Waals surface area contributed by atoms with E-state index in [-0.39, 0.29) is 0 Å². The number of imidazole rings is 1. The van der Waals surface area contributed by atoms with E-state index in [2.05, 4.69) is 10.3 Å². The number of hydrogen-bond donors (Lipinski definition) is 2. The number of hydrogen-bond acceptors (Lipinski definition) is 5. The minimum atomic E-state index is -1.03. The minimum absolute atomic E-state index is 0.315. The molecular weight excluding hydrogens is 298 g/mol. The number of carboxylic acids is 1. The number of aromatic nitrogens is 2. The van der Waals surface area contributed by atoms with Crippen LogP contribution in [0.25, 0.3) is 0 Å². The Labute approximate surface area is 133 Å². The molecule has 7 nitrogen and oxygen atoms in total. The van der Waals surface area contributed by atoms with E-state index in [0.29, 0.717) is 12.4 Å². The van der Waals surface area contributed by atoms with Crippen molar-refractivity contribution in [2.75, 3.05) is 0 Å². The largest absolute Gasteiger partial charge is 0.480 e. The number of aliphatic carboxylic acids is 1. The fraction of sp³-hybridized carbons (Fsp3) is 0.312. The van der Waals surface area contributed by atoms with Gasteiger partial charge in [0.15, 0.2) is 0 Å². The maximum atomic E-state index is 12.1. The number of rotatable bonds is 7. The molecule has 2 N–H and O–H groups in total. The highest BCUT2D eigenvalue weighted by Crippen LogP contribution is 2.13. The number of ether oxygens (including phenoxy) is 1. The molecule has 122 valence electrons. The summed E-state index contributed by atoms with van der Waals surface area (Å²) < 4.78 is 7.02. The van der Waals surface area contributed by atoms with Gasteiger partial charge in [0.05, 0.1) is 19.1 Å². The number of carboxylic acid groups (broad SMARTS) is 1. The second-order valence-electron chi connectivity index (χ2n) is 5.21. The summed E-state index contributed by atoms with van der Waals surface area (Å²) in [4.78, 5) is 26.8. The third kappa shape index (κ3) is 4.65. The van der Waals surface area contributed by atoms with Gasteiger partial charge in [-0.2, -0.15) is 0 Å². The molecule has 2 atom stereocenters. The van der Waals surface area contributed by atoms with Crippen LogP contribution < -0.4 is 10.1 Å². The van der Waals surface area contributed by atoms with Crippen LogP contribution in [0.5, 0.6) is 5.88 Å². The van der Waals surface area contributed by atoms with Crippen molar-refractivity contribution < 1.29 is 19.4 Å². The first-order chi connectivity index (χ1) is 11.0. The van der Waals surface area contributed by atoms with E-state index in [1.54, 1.807) is 17.8 Å². The summed E-state index contributed by atoms with van der Waals surface area (Å²) in [6.45, 7) is 3.54. The van der Waals surface area contributed by atoms with Gasteiger partial charge in [-0.1, -0.05) is 30.3 Å². The van der Waals surface area contributed by atoms with Crippen molar-refractivity contribution in [2.24, 2.45) is 0 Å². The molecule has 0 aliphatic rings. The highest BCUT2D eigenvalue weighted by atomic mass is 16.5. The van der Waals surface area contributed by atoms with E-state index >= 15 is 0 Å². The third-order valence-corrected chi connectivity index (χ3v) is 3.30. The lowest BCUT2D eigenvalue weighted by Crippen LogP contribution is -2.45. The number of nitrogens with one attached hydrogen (secondary N) is 1. The zero-order valence-electron chi connectivity index (χ0n) is 13.0. The van der Waals surface area contributed by atoms with Gasteiger partial charge in [-0.25, -0.2) is 9.78 Å². The maximum Gasteiger partial charge on any atom is 0.329 e. The highest BCUT2D eigenvalue weighted by Gasteiger charge is 2.21. The van der Waals surface area contributed by atoms with Crippen molar-refractivity contribution in [2.45, 2.75) is 32.5 Å². The topological polar surface area (TPSA) is 93.5 Å². The van der Waals surface area contributed by atoms with Crippen LogP contribution in [0.2, 0.25) is 0 Å². The molecule has 0 saturated heterocycles. The Bertz CT molecular complexity index is 669. The van der Waals surface area contributed by atoms with Crippen LogP contribution in [-0.4, -0.2) is 38.7 Å². The van der Waals surface area contributed by atoms with Gasteiger partial charge in [-0.05, 0) is 19.4 Å². The summed E-state index contributed by atoms with van der Waals surface area (Å²) in [6.07, 6.45) is 3.03. The van der Waals surface area contributed by atoms with Gasteiger partial charge < -0.3 is 9.84 Å². The quantitative estimate of drug-likeness (QED) is 0.747. The molecule has 0 saturated carbocycles. The van der Waals surface area contributed by atoms with E-state index in [1.807, 2.05) is 30.3 Å². The third-order valence-electron chi connectivity index (χ3n) is 3.30. The smallest absolute Gasteiger partial charge is 0.329 e. The first kappa shape index (κ1) is 16.7. The normalized spacial score (nSPS) is 13.3. The fourth-order valence-corrected chi connectivity index (χ4v) is 2.00. The molecule has 0 fully saturated rings. The van der Waals surface area contributed by atoms with E-state index in [0.717, 1.165) is 5.56 Å². The molecule has 0 aliphatic carbocycles. The molecular formula is C16H19N3O4. The minimum Gasteiger partial charge on any atom is -0.480 e. The van der Waals surface area contributed by atoms with Crippen molar-refractivity contribution >= 4 is 11.9 Å². The van der Waals surface area contributed by atoms with E-state index in [4.69, 9.17) is 9.84 Å². The molecule has 0 aliphatic heterocycles. The van der Waals surface area contributed by atoms with Gasteiger partial charge in [0.1, 0.15) is 12.1 Å². The van der Waals surface area contributed by atoms with E-state index in [9.17, 15) is 9.59 Å². The number of nitrogens with zero attached hydrogens (tertiary/aromatic N) is 2. The molecule has 1 aromatic carbocycles. The van der Waals surface area contributed by atoms with Gasteiger partial charge in [0.2, 0.25) is 5.88 Å². The molecule has 2 unspecified atom stereocenters.